The summed E-state index contributed by atoms with van der Waals surface area (Å²) < 4.78 is 59.4. The van der Waals surface area contributed by atoms with Gasteiger partial charge in [0.05, 0.1) is 16.6 Å². The van der Waals surface area contributed by atoms with Crippen LogP contribution >= 0.6 is 0 Å². The molecular weight excluding hydrogens is 422 g/mol. The summed E-state index contributed by atoms with van der Waals surface area (Å²) in [7, 11) is -4.17. The van der Waals surface area contributed by atoms with Crippen molar-refractivity contribution >= 4 is 15.9 Å². The lowest BCUT2D eigenvalue weighted by molar-refractivity contribution is -0.135. The molecule has 1 heterocycles. The molecule has 0 saturated carbocycles. The number of piperidine rings is 1. The Labute approximate surface area is 171 Å². The van der Waals surface area contributed by atoms with E-state index in [1.54, 1.807) is 0 Å². The average molecular weight is 442 g/mol. The molecule has 0 spiro atoms. The number of sulfonamides is 1. The molecule has 2 atom stereocenters. The highest BCUT2D eigenvalue weighted by atomic mass is 32.2. The molecule has 1 fully saturated rings. The van der Waals surface area contributed by atoms with Crippen LogP contribution in [0.2, 0.25) is 0 Å². The van der Waals surface area contributed by atoms with Crippen molar-refractivity contribution in [1.82, 2.24) is 9.79 Å². The third-order valence-corrected chi connectivity index (χ3v) is 6.69. The molecule has 0 radical (unpaired) electrons. The van der Waals surface area contributed by atoms with E-state index >= 15 is 0 Å². The van der Waals surface area contributed by atoms with Crippen molar-refractivity contribution in [2.45, 2.75) is 36.5 Å². The van der Waals surface area contributed by atoms with Gasteiger partial charge in [-0.2, -0.15) is 4.31 Å². The van der Waals surface area contributed by atoms with Crippen LogP contribution in [-0.2, 0) is 21.4 Å². The number of hydrogen-bond donors (Lipinski definition) is 3. The SMILES string of the molecule is O=C(NO)C1CCC(O)CN1S(=O)(=O)c1ccc(OCc2c(F)cccc2F)cc1. The highest BCUT2D eigenvalue weighted by Gasteiger charge is 2.40. The number of carbonyl (C=O) groups excluding carboxylic acids is 1. The molecule has 1 saturated heterocycles. The number of β-amino-alcohol motifs (C(OH)–C–C–N with tert-alkyl or cyclic N) is 1. The Morgan fingerprint density at radius 1 is 1.13 bits per heavy atom. The van der Waals surface area contributed by atoms with E-state index in [9.17, 15) is 27.1 Å². The maximum absolute atomic E-state index is 13.7. The first-order valence-corrected chi connectivity index (χ1v) is 10.5. The third-order valence-electron chi connectivity index (χ3n) is 4.80. The molecule has 2 aromatic rings. The summed E-state index contributed by atoms with van der Waals surface area (Å²) in [5.41, 5.74) is 1.19. The summed E-state index contributed by atoms with van der Waals surface area (Å²) in [4.78, 5) is 11.7. The van der Waals surface area contributed by atoms with Gasteiger partial charge in [0.2, 0.25) is 10.0 Å². The fraction of sp³-hybridized carbons (Fsp3) is 0.316. The van der Waals surface area contributed by atoms with Crippen molar-refractivity contribution in [2.75, 3.05) is 6.54 Å². The number of carbonyl (C=O) groups is 1. The number of aliphatic hydroxyl groups is 1. The normalized spacial score (nSPS) is 20.0. The molecule has 8 nitrogen and oxygen atoms in total. The molecule has 162 valence electrons. The fourth-order valence-corrected chi connectivity index (χ4v) is 4.85. The van der Waals surface area contributed by atoms with Crippen molar-refractivity contribution in [3.63, 3.8) is 0 Å². The van der Waals surface area contributed by atoms with Gasteiger partial charge in [-0.3, -0.25) is 10.0 Å². The molecule has 2 aromatic carbocycles. The average Bonchev–Trinajstić information content (AvgIpc) is 2.73. The third kappa shape index (κ3) is 4.59. The van der Waals surface area contributed by atoms with Gasteiger partial charge in [-0.25, -0.2) is 22.7 Å². The summed E-state index contributed by atoms with van der Waals surface area (Å²) in [6.45, 7) is -0.688. The zero-order valence-electron chi connectivity index (χ0n) is 15.7. The number of ether oxygens (including phenoxy) is 1. The van der Waals surface area contributed by atoms with Crippen molar-refractivity contribution in [2.24, 2.45) is 0 Å². The minimum absolute atomic E-state index is 0.0438. The van der Waals surface area contributed by atoms with Gasteiger partial charge in [0.15, 0.2) is 0 Å². The Kier molecular flexibility index (Phi) is 6.66. The van der Waals surface area contributed by atoms with Gasteiger partial charge in [0, 0.05) is 6.54 Å². The molecule has 11 heteroatoms. The van der Waals surface area contributed by atoms with E-state index in [0.29, 0.717) is 0 Å². The van der Waals surface area contributed by atoms with Gasteiger partial charge in [0.1, 0.15) is 30.0 Å². The molecule has 3 rings (SSSR count). The van der Waals surface area contributed by atoms with Crippen LogP contribution in [0.1, 0.15) is 18.4 Å². The zero-order chi connectivity index (χ0) is 21.9. The first kappa shape index (κ1) is 22.1. The van der Waals surface area contributed by atoms with Crippen LogP contribution in [0.3, 0.4) is 0 Å². The van der Waals surface area contributed by atoms with Gasteiger partial charge in [-0.15, -0.1) is 0 Å². The van der Waals surface area contributed by atoms with Crippen LogP contribution in [0.25, 0.3) is 0 Å². The molecule has 0 bridgehead atoms. The number of hydroxylamine groups is 1. The van der Waals surface area contributed by atoms with E-state index in [4.69, 9.17) is 9.94 Å². The molecule has 30 heavy (non-hydrogen) atoms. The van der Waals surface area contributed by atoms with Gasteiger partial charge >= 0.3 is 0 Å². The minimum Gasteiger partial charge on any atom is -0.489 e. The molecule has 2 unspecified atom stereocenters. The van der Waals surface area contributed by atoms with Crippen LogP contribution in [0.5, 0.6) is 5.75 Å². The van der Waals surface area contributed by atoms with E-state index < -0.39 is 39.7 Å². The summed E-state index contributed by atoms with van der Waals surface area (Å²) in [6, 6.07) is 7.33. The molecular formula is C19H20F2N2O6S. The number of nitrogens with one attached hydrogen (secondary N) is 1. The Morgan fingerprint density at radius 3 is 2.37 bits per heavy atom. The van der Waals surface area contributed by atoms with Crippen molar-refractivity contribution < 1.29 is 37.0 Å². The maximum atomic E-state index is 13.7. The highest BCUT2D eigenvalue weighted by Crippen LogP contribution is 2.27. The number of nitrogens with zero attached hydrogens (tertiary/aromatic N) is 1. The number of hydrogen-bond acceptors (Lipinski definition) is 6. The van der Waals surface area contributed by atoms with E-state index in [-0.39, 0.29) is 42.2 Å². The Balaban J connectivity index is 1.77. The molecule has 0 aromatic heterocycles. The van der Waals surface area contributed by atoms with Crippen LogP contribution in [0.15, 0.2) is 47.4 Å². The standard InChI is InChI=1S/C19H20F2N2O6S/c20-16-2-1-3-17(21)15(16)11-29-13-5-7-14(8-6-13)30(27,28)23-10-12(24)4-9-18(23)19(25)22-26/h1-3,5-8,12,18,24,26H,4,9-11H2,(H,22,25). The maximum Gasteiger partial charge on any atom is 0.261 e. The van der Waals surface area contributed by atoms with Crippen molar-refractivity contribution in [3.8, 4) is 5.75 Å². The number of aliphatic hydroxyl groups excluding tert-OH is 1. The molecule has 1 aliphatic heterocycles. The molecule has 0 aliphatic carbocycles. The monoisotopic (exact) mass is 442 g/mol. The van der Waals surface area contributed by atoms with Crippen LogP contribution in [-0.4, -0.2) is 47.6 Å². The smallest absolute Gasteiger partial charge is 0.261 e. The van der Waals surface area contributed by atoms with E-state index in [0.717, 1.165) is 16.4 Å². The lowest BCUT2D eigenvalue weighted by atomic mass is 10.0. The second-order valence-corrected chi connectivity index (χ2v) is 8.65. The Bertz CT molecular complexity index is 996. The quantitative estimate of drug-likeness (QED) is 0.462. The number of amides is 1. The number of halogens is 2. The molecule has 3 N–H and O–H groups in total. The molecule has 1 aliphatic rings. The molecule has 1 amide bonds. The number of rotatable bonds is 6. The first-order chi connectivity index (χ1) is 14.2. The summed E-state index contributed by atoms with van der Waals surface area (Å²) in [6.07, 6.45) is -0.688. The summed E-state index contributed by atoms with van der Waals surface area (Å²) in [5.74, 6) is -2.23. The summed E-state index contributed by atoms with van der Waals surface area (Å²) in [5, 5.41) is 18.7. The fourth-order valence-electron chi connectivity index (χ4n) is 3.19. The Hall–Kier alpha value is -2.60. The first-order valence-electron chi connectivity index (χ1n) is 9.03. The lowest BCUT2D eigenvalue weighted by Gasteiger charge is -2.35. The van der Waals surface area contributed by atoms with Crippen molar-refractivity contribution in [3.05, 3.63) is 59.7 Å². The highest BCUT2D eigenvalue weighted by molar-refractivity contribution is 7.89. The van der Waals surface area contributed by atoms with E-state index in [1.807, 2.05) is 0 Å². The topological polar surface area (TPSA) is 116 Å². The van der Waals surface area contributed by atoms with Crippen LogP contribution < -0.4 is 10.2 Å². The Morgan fingerprint density at radius 2 is 1.77 bits per heavy atom. The van der Waals surface area contributed by atoms with Gasteiger partial charge in [-0.05, 0) is 49.2 Å². The second-order valence-electron chi connectivity index (χ2n) is 6.76. The van der Waals surface area contributed by atoms with Crippen molar-refractivity contribution in [1.29, 1.82) is 0 Å². The van der Waals surface area contributed by atoms with E-state index in [2.05, 4.69) is 0 Å². The van der Waals surface area contributed by atoms with Gasteiger partial charge < -0.3 is 9.84 Å². The van der Waals surface area contributed by atoms with Crippen LogP contribution in [0.4, 0.5) is 8.78 Å². The van der Waals surface area contributed by atoms with E-state index in [1.165, 1.54) is 35.8 Å². The van der Waals surface area contributed by atoms with Gasteiger partial charge in [0.25, 0.3) is 5.91 Å². The predicted molar refractivity (Wildman–Crippen MR) is 100.0 cm³/mol. The van der Waals surface area contributed by atoms with Gasteiger partial charge in [-0.1, -0.05) is 6.07 Å². The summed E-state index contributed by atoms with van der Waals surface area (Å²) >= 11 is 0. The second kappa shape index (κ2) is 9.04. The van der Waals surface area contributed by atoms with Crippen LogP contribution in [0, 0.1) is 11.6 Å². The predicted octanol–water partition coefficient (Wildman–Crippen LogP) is 1.56. The largest absolute Gasteiger partial charge is 0.489 e. The lowest BCUT2D eigenvalue weighted by Crippen LogP contribution is -2.54. The number of benzene rings is 2. The minimum atomic E-state index is -4.17. The zero-order valence-corrected chi connectivity index (χ0v) is 16.5.